The number of alkyl halides is 3. The SMILES string of the molecule is Cn1ccc(NC(=O)c2ccccc2-c2ccc(C(F)(F)F)cc2)c1OC=O. The zero-order chi connectivity index (χ0) is 20.3. The molecule has 8 heteroatoms. The van der Waals surface area contributed by atoms with Crippen LogP contribution in [0.15, 0.2) is 60.8 Å². The first-order chi connectivity index (χ1) is 13.3. The fourth-order valence-electron chi connectivity index (χ4n) is 2.76. The predicted molar refractivity (Wildman–Crippen MR) is 96.9 cm³/mol. The summed E-state index contributed by atoms with van der Waals surface area (Å²) in [5.41, 5.74) is 0.738. The molecule has 0 saturated heterocycles. The van der Waals surface area contributed by atoms with Gasteiger partial charge in [-0.05, 0) is 35.4 Å². The molecule has 28 heavy (non-hydrogen) atoms. The molecule has 0 bridgehead atoms. The van der Waals surface area contributed by atoms with Gasteiger partial charge in [-0.2, -0.15) is 13.2 Å². The molecule has 0 aliphatic rings. The minimum absolute atomic E-state index is 0.162. The van der Waals surface area contributed by atoms with E-state index in [1.807, 2.05) is 0 Å². The smallest absolute Gasteiger partial charge is 0.409 e. The Morgan fingerprint density at radius 2 is 1.75 bits per heavy atom. The van der Waals surface area contributed by atoms with Crippen LogP contribution in [0, 0.1) is 0 Å². The maximum absolute atomic E-state index is 12.8. The molecule has 0 aliphatic carbocycles. The average molecular weight is 388 g/mol. The van der Waals surface area contributed by atoms with Gasteiger partial charge in [0.25, 0.3) is 12.4 Å². The van der Waals surface area contributed by atoms with Crippen molar-refractivity contribution in [3.63, 3.8) is 0 Å². The Hall–Kier alpha value is -3.55. The van der Waals surface area contributed by atoms with Crippen LogP contribution in [0.1, 0.15) is 15.9 Å². The van der Waals surface area contributed by atoms with Gasteiger partial charge in [-0.1, -0.05) is 30.3 Å². The Kier molecular flexibility index (Phi) is 5.21. The third kappa shape index (κ3) is 3.90. The molecule has 0 fully saturated rings. The zero-order valence-electron chi connectivity index (χ0n) is 14.7. The highest BCUT2D eigenvalue weighted by atomic mass is 19.4. The van der Waals surface area contributed by atoms with Crippen LogP contribution in [0.4, 0.5) is 18.9 Å². The van der Waals surface area contributed by atoms with Crippen LogP contribution in [0.2, 0.25) is 0 Å². The molecule has 1 aromatic heterocycles. The Bertz CT molecular complexity index is 1010. The van der Waals surface area contributed by atoms with Crippen LogP contribution in [0.25, 0.3) is 11.1 Å². The molecule has 1 amide bonds. The number of nitrogens with zero attached hydrogens (tertiary/aromatic N) is 1. The summed E-state index contributed by atoms with van der Waals surface area (Å²) in [6.45, 7) is 0.251. The van der Waals surface area contributed by atoms with E-state index in [2.05, 4.69) is 5.32 Å². The van der Waals surface area contributed by atoms with Gasteiger partial charge in [-0.25, -0.2) is 0 Å². The highest BCUT2D eigenvalue weighted by molar-refractivity contribution is 6.09. The molecule has 0 unspecified atom stereocenters. The number of amides is 1. The van der Waals surface area contributed by atoms with Gasteiger partial charge in [-0.15, -0.1) is 0 Å². The predicted octanol–water partition coefficient (Wildman–Crippen LogP) is 4.50. The lowest BCUT2D eigenvalue weighted by Crippen LogP contribution is -2.14. The summed E-state index contributed by atoms with van der Waals surface area (Å²) in [7, 11) is 1.64. The maximum Gasteiger partial charge on any atom is 0.416 e. The zero-order valence-corrected chi connectivity index (χ0v) is 14.7. The van der Waals surface area contributed by atoms with E-state index < -0.39 is 17.6 Å². The molecule has 5 nitrogen and oxygen atoms in total. The average Bonchev–Trinajstić information content (AvgIpc) is 3.01. The lowest BCUT2D eigenvalue weighted by Gasteiger charge is -2.12. The minimum atomic E-state index is -4.43. The van der Waals surface area contributed by atoms with Gasteiger partial charge in [0.15, 0.2) is 0 Å². The molecule has 0 aliphatic heterocycles. The quantitative estimate of drug-likeness (QED) is 0.655. The summed E-state index contributed by atoms with van der Waals surface area (Å²) in [6, 6.07) is 12.7. The van der Waals surface area contributed by atoms with Crippen LogP contribution in [-0.2, 0) is 18.0 Å². The Labute approximate surface area is 158 Å². The summed E-state index contributed by atoms with van der Waals surface area (Å²) in [6.07, 6.45) is -2.83. The molecule has 0 atom stereocenters. The van der Waals surface area contributed by atoms with E-state index in [-0.39, 0.29) is 17.9 Å². The van der Waals surface area contributed by atoms with Gasteiger partial charge in [0, 0.05) is 18.8 Å². The lowest BCUT2D eigenvalue weighted by atomic mass is 9.98. The van der Waals surface area contributed by atoms with Crippen molar-refractivity contribution in [1.82, 2.24) is 4.57 Å². The topological polar surface area (TPSA) is 60.3 Å². The Morgan fingerprint density at radius 1 is 1.07 bits per heavy atom. The molecule has 144 valence electrons. The summed E-state index contributed by atoms with van der Waals surface area (Å²) < 4.78 is 44.7. The second-order valence-electron chi connectivity index (χ2n) is 5.93. The summed E-state index contributed by atoms with van der Waals surface area (Å²) in [5, 5.41) is 2.65. The van der Waals surface area contributed by atoms with E-state index in [0.29, 0.717) is 16.8 Å². The number of hydrogen-bond acceptors (Lipinski definition) is 3. The van der Waals surface area contributed by atoms with E-state index >= 15 is 0 Å². The first-order valence-electron chi connectivity index (χ1n) is 8.15. The van der Waals surface area contributed by atoms with E-state index in [9.17, 15) is 22.8 Å². The highest BCUT2D eigenvalue weighted by Gasteiger charge is 2.30. The normalized spacial score (nSPS) is 11.1. The molecule has 1 N–H and O–H groups in total. The van der Waals surface area contributed by atoms with Gasteiger partial charge in [-0.3, -0.25) is 9.59 Å². The van der Waals surface area contributed by atoms with Crippen molar-refractivity contribution in [2.75, 3.05) is 5.32 Å². The first kappa shape index (κ1) is 19.2. The number of benzene rings is 2. The van der Waals surface area contributed by atoms with Gasteiger partial charge < -0.3 is 14.6 Å². The lowest BCUT2D eigenvalue weighted by molar-refractivity contribution is -0.137. The van der Waals surface area contributed by atoms with Crippen LogP contribution < -0.4 is 10.1 Å². The summed E-state index contributed by atoms with van der Waals surface area (Å²) >= 11 is 0. The molecule has 0 spiro atoms. The second kappa shape index (κ2) is 7.59. The van der Waals surface area contributed by atoms with E-state index in [1.165, 1.54) is 16.7 Å². The third-order valence-corrected chi connectivity index (χ3v) is 4.12. The highest BCUT2D eigenvalue weighted by Crippen LogP contribution is 2.32. The number of aromatic nitrogens is 1. The number of rotatable bonds is 5. The maximum atomic E-state index is 12.8. The Morgan fingerprint density at radius 3 is 2.39 bits per heavy atom. The van der Waals surface area contributed by atoms with Crippen LogP contribution in [-0.4, -0.2) is 16.9 Å². The van der Waals surface area contributed by atoms with E-state index in [4.69, 9.17) is 4.74 Å². The van der Waals surface area contributed by atoms with Crippen molar-refractivity contribution in [2.24, 2.45) is 7.05 Å². The van der Waals surface area contributed by atoms with Crippen LogP contribution in [0.5, 0.6) is 5.88 Å². The van der Waals surface area contributed by atoms with Crippen molar-refractivity contribution >= 4 is 18.1 Å². The standard InChI is InChI=1S/C20H15F3N2O3/c1-25-11-10-17(19(25)28-12-26)24-18(27)16-5-3-2-4-15(16)13-6-8-14(9-7-13)20(21,22)23/h2-12H,1H3,(H,24,27). The number of aryl methyl sites for hydroxylation is 1. The fraction of sp³-hybridized carbons (Fsp3) is 0.100. The van der Waals surface area contributed by atoms with E-state index in [1.54, 1.807) is 43.6 Å². The molecular weight excluding hydrogens is 373 g/mol. The number of hydrogen-bond donors (Lipinski definition) is 1. The molecule has 1 heterocycles. The molecule has 2 aromatic carbocycles. The number of carbonyl (C=O) groups is 2. The van der Waals surface area contributed by atoms with Crippen molar-refractivity contribution in [1.29, 1.82) is 0 Å². The third-order valence-electron chi connectivity index (χ3n) is 4.12. The number of ether oxygens (including phenoxy) is 1. The molecule has 3 rings (SSSR count). The second-order valence-corrected chi connectivity index (χ2v) is 5.93. The number of halogens is 3. The van der Waals surface area contributed by atoms with Crippen molar-refractivity contribution < 1.29 is 27.5 Å². The van der Waals surface area contributed by atoms with Crippen molar-refractivity contribution in [3.8, 4) is 17.0 Å². The first-order valence-corrected chi connectivity index (χ1v) is 8.15. The number of nitrogens with one attached hydrogen (secondary N) is 1. The Balaban J connectivity index is 1.92. The monoisotopic (exact) mass is 388 g/mol. The molecule has 0 saturated carbocycles. The largest absolute Gasteiger partial charge is 0.416 e. The minimum Gasteiger partial charge on any atom is -0.409 e. The molecule has 0 radical (unpaired) electrons. The van der Waals surface area contributed by atoms with E-state index in [0.717, 1.165) is 12.1 Å². The number of carbonyl (C=O) groups excluding carboxylic acids is 2. The molecular formula is C20H15F3N2O3. The van der Waals surface area contributed by atoms with Crippen LogP contribution in [0.3, 0.4) is 0 Å². The van der Waals surface area contributed by atoms with Gasteiger partial charge in [0.1, 0.15) is 5.69 Å². The summed E-state index contributed by atoms with van der Waals surface area (Å²) in [4.78, 5) is 23.4. The van der Waals surface area contributed by atoms with Gasteiger partial charge >= 0.3 is 6.18 Å². The van der Waals surface area contributed by atoms with Crippen molar-refractivity contribution in [3.05, 3.63) is 71.9 Å². The molecule has 3 aromatic rings. The van der Waals surface area contributed by atoms with Gasteiger partial charge in [0.05, 0.1) is 5.56 Å². The number of anilines is 1. The summed E-state index contributed by atoms with van der Waals surface area (Å²) in [5.74, 6) is -0.326. The van der Waals surface area contributed by atoms with Gasteiger partial charge in [0.2, 0.25) is 5.88 Å². The van der Waals surface area contributed by atoms with Crippen LogP contribution >= 0.6 is 0 Å². The fourth-order valence-corrected chi connectivity index (χ4v) is 2.76. The van der Waals surface area contributed by atoms with Crippen molar-refractivity contribution in [2.45, 2.75) is 6.18 Å².